The monoisotopic (exact) mass is 353 g/mol. The number of anilines is 1. The second kappa shape index (κ2) is 7.31. The third-order valence-corrected chi connectivity index (χ3v) is 4.33. The van der Waals surface area contributed by atoms with Gasteiger partial charge in [-0.15, -0.1) is 0 Å². The van der Waals surface area contributed by atoms with E-state index >= 15 is 0 Å². The number of nitrogens with one attached hydrogen (secondary N) is 1. The summed E-state index contributed by atoms with van der Waals surface area (Å²) < 4.78 is 4.94. The Morgan fingerprint density at radius 2 is 2.08 bits per heavy atom. The Labute approximate surface area is 149 Å². The van der Waals surface area contributed by atoms with E-state index < -0.39 is 5.97 Å². The lowest BCUT2D eigenvalue weighted by Crippen LogP contribution is -2.28. The summed E-state index contributed by atoms with van der Waals surface area (Å²) in [4.78, 5) is 30.1. The van der Waals surface area contributed by atoms with Gasteiger partial charge < -0.3 is 4.74 Å². The molecule has 1 N–H and O–H groups in total. The average Bonchev–Trinajstić information content (AvgIpc) is 2.90. The second-order valence-corrected chi connectivity index (χ2v) is 6.14. The molecular weight excluding hydrogens is 338 g/mol. The minimum Gasteiger partial charge on any atom is -0.462 e. The lowest BCUT2D eigenvalue weighted by atomic mass is 10.2. The summed E-state index contributed by atoms with van der Waals surface area (Å²) in [5.41, 5.74) is 1.73. The highest BCUT2D eigenvalue weighted by Crippen LogP contribution is 2.35. The van der Waals surface area contributed by atoms with Crippen LogP contribution in [0.1, 0.15) is 22.8 Å². The number of benzene rings is 1. The summed E-state index contributed by atoms with van der Waals surface area (Å²) in [7, 11) is 0. The Morgan fingerprint density at radius 3 is 2.72 bits per heavy atom. The summed E-state index contributed by atoms with van der Waals surface area (Å²) in [6.45, 7) is 2.04. The number of hydrogen-bond donors (Lipinski definition) is 1. The molecule has 0 unspecified atom stereocenters. The predicted molar refractivity (Wildman–Crippen MR) is 97.4 cm³/mol. The van der Waals surface area contributed by atoms with E-state index in [2.05, 4.69) is 4.98 Å². The molecule has 25 heavy (non-hydrogen) atoms. The molecule has 1 amide bonds. The number of hydrogen-bond acceptors (Lipinski definition) is 6. The van der Waals surface area contributed by atoms with Gasteiger partial charge in [0.25, 0.3) is 5.91 Å². The summed E-state index contributed by atoms with van der Waals surface area (Å²) in [6.07, 6.45) is 5.02. The Morgan fingerprint density at radius 1 is 1.32 bits per heavy atom. The number of pyridine rings is 1. The number of nitrogens with zero attached hydrogens (tertiary/aromatic N) is 2. The van der Waals surface area contributed by atoms with Crippen LogP contribution in [0.5, 0.6) is 0 Å². The van der Waals surface area contributed by atoms with E-state index in [0.29, 0.717) is 22.8 Å². The van der Waals surface area contributed by atoms with Crippen LogP contribution < -0.4 is 4.90 Å². The molecule has 0 bridgehead atoms. The zero-order valence-electron chi connectivity index (χ0n) is 13.4. The van der Waals surface area contributed by atoms with E-state index in [0.717, 1.165) is 17.3 Å². The molecule has 1 aliphatic heterocycles. The van der Waals surface area contributed by atoms with Gasteiger partial charge >= 0.3 is 5.97 Å². The maximum absolute atomic E-state index is 12.6. The van der Waals surface area contributed by atoms with Crippen molar-refractivity contribution >= 4 is 40.6 Å². The minimum atomic E-state index is -0.414. The van der Waals surface area contributed by atoms with Crippen LogP contribution in [0.3, 0.4) is 0 Å². The maximum Gasteiger partial charge on any atom is 0.338 e. The Bertz CT molecular complexity index is 848. The van der Waals surface area contributed by atoms with E-state index in [1.54, 1.807) is 55.7 Å². The van der Waals surface area contributed by atoms with Crippen LogP contribution in [0.2, 0.25) is 0 Å². The van der Waals surface area contributed by atoms with Gasteiger partial charge in [0.15, 0.2) is 5.17 Å². The molecule has 0 radical (unpaired) electrons. The number of thioether (sulfide) groups is 1. The average molecular weight is 353 g/mol. The first kappa shape index (κ1) is 16.9. The molecule has 2 heterocycles. The molecule has 3 rings (SSSR count). The zero-order valence-corrected chi connectivity index (χ0v) is 14.2. The predicted octanol–water partition coefficient (Wildman–Crippen LogP) is 3.31. The van der Waals surface area contributed by atoms with E-state index in [1.807, 2.05) is 6.07 Å². The molecule has 0 spiro atoms. The smallest absolute Gasteiger partial charge is 0.338 e. The standard InChI is InChI=1S/C18H15N3O3S/c1-2-24-17(23)13-5-7-14(8-6-13)21-16(22)15(25-18(21)19)10-12-4-3-9-20-11-12/h3-11,19H,2H2,1H3/b15-10-,19-18?. The highest BCUT2D eigenvalue weighted by Gasteiger charge is 2.33. The minimum absolute atomic E-state index is 0.115. The molecule has 1 fully saturated rings. The largest absolute Gasteiger partial charge is 0.462 e. The summed E-state index contributed by atoms with van der Waals surface area (Å²) in [6, 6.07) is 10.1. The number of aromatic nitrogens is 1. The van der Waals surface area contributed by atoms with Crippen LogP contribution in [0, 0.1) is 5.41 Å². The number of rotatable bonds is 4. The first-order valence-corrected chi connectivity index (χ1v) is 8.41. The van der Waals surface area contributed by atoms with Crippen molar-refractivity contribution < 1.29 is 14.3 Å². The molecule has 6 nitrogen and oxygen atoms in total. The fourth-order valence-electron chi connectivity index (χ4n) is 2.30. The fourth-order valence-corrected chi connectivity index (χ4v) is 3.16. The number of carbonyl (C=O) groups is 2. The summed E-state index contributed by atoms with van der Waals surface area (Å²) >= 11 is 1.09. The fraction of sp³-hybridized carbons (Fsp3) is 0.111. The van der Waals surface area contributed by atoms with Crippen LogP contribution in [-0.2, 0) is 9.53 Å². The van der Waals surface area contributed by atoms with Crippen molar-refractivity contribution in [1.29, 1.82) is 5.41 Å². The number of carbonyl (C=O) groups excluding carboxylic acids is 2. The second-order valence-electron chi connectivity index (χ2n) is 5.11. The van der Waals surface area contributed by atoms with E-state index in [4.69, 9.17) is 10.1 Å². The van der Waals surface area contributed by atoms with E-state index in [1.165, 1.54) is 4.90 Å². The number of amidine groups is 1. The van der Waals surface area contributed by atoms with Crippen molar-refractivity contribution in [3.05, 3.63) is 64.8 Å². The molecule has 0 saturated carbocycles. The van der Waals surface area contributed by atoms with Crippen molar-refractivity contribution in [3.63, 3.8) is 0 Å². The maximum atomic E-state index is 12.6. The normalized spacial score (nSPS) is 15.7. The molecule has 1 aliphatic rings. The molecule has 1 saturated heterocycles. The first-order valence-electron chi connectivity index (χ1n) is 7.60. The van der Waals surface area contributed by atoms with E-state index in [-0.39, 0.29) is 11.1 Å². The molecule has 7 heteroatoms. The SMILES string of the molecule is CCOC(=O)c1ccc(N2C(=N)S/C(=C\c3cccnc3)C2=O)cc1. The highest BCUT2D eigenvalue weighted by atomic mass is 32.2. The van der Waals surface area contributed by atoms with E-state index in [9.17, 15) is 9.59 Å². The van der Waals surface area contributed by atoms with Gasteiger partial charge in [0.05, 0.1) is 22.8 Å². The van der Waals surface area contributed by atoms with Crippen molar-refractivity contribution in [2.45, 2.75) is 6.92 Å². The first-order chi connectivity index (χ1) is 12.1. The van der Waals surface area contributed by atoms with Crippen molar-refractivity contribution in [2.24, 2.45) is 0 Å². The van der Waals surface area contributed by atoms with Gasteiger partial charge in [0.2, 0.25) is 0 Å². The van der Waals surface area contributed by atoms with Gasteiger partial charge in [0.1, 0.15) is 0 Å². The van der Waals surface area contributed by atoms with Crippen molar-refractivity contribution in [3.8, 4) is 0 Å². The third-order valence-electron chi connectivity index (χ3n) is 3.44. The van der Waals surface area contributed by atoms with Gasteiger partial charge in [-0.05, 0) is 60.7 Å². The highest BCUT2D eigenvalue weighted by molar-refractivity contribution is 8.19. The number of amides is 1. The van der Waals surface area contributed by atoms with Crippen LogP contribution in [0.25, 0.3) is 6.08 Å². The molecule has 126 valence electrons. The molecule has 2 aromatic rings. The van der Waals surface area contributed by atoms with Crippen LogP contribution in [0.4, 0.5) is 5.69 Å². The van der Waals surface area contributed by atoms with Gasteiger partial charge in [-0.2, -0.15) is 0 Å². The van der Waals surface area contributed by atoms with Gasteiger partial charge in [-0.3, -0.25) is 20.1 Å². The zero-order chi connectivity index (χ0) is 17.8. The van der Waals surface area contributed by atoms with Gasteiger partial charge in [0, 0.05) is 12.4 Å². The number of ether oxygens (including phenoxy) is 1. The molecule has 1 aromatic carbocycles. The Kier molecular flexibility index (Phi) is 4.95. The van der Waals surface area contributed by atoms with Crippen molar-refractivity contribution in [2.75, 3.05) is 11.5 Å². The molecule has 0 aliphatic carbocycles. The summed E-state index contributed by atoms with van der Waals surface area (Å²) in [5.74, 6) is -0.689. The molecule has 1 aromatic heterocycles. The molecular formula is C18H15N3O3S. The van der Waals surface area contributed by atoms with Crippen LogP contribution in [-0.4, -0.2) is 28.6 Å². The Balaban J connectivity index is 1.83. The topological polar surface area (TPSA) is 83.3 Å². The molecule has 0 atom stereocenters. The van der Waals surface area contributed by atoms with Gasteiger partial charge in [-0.1, -0.05) is 6.07 Å². The number of esters is 1. The Hall–Kier alpha value is -2.93. The lowest BCUT2D eigenvalue weighted by molar-refractivity contribution is -0.113. The van der Waals surface area contributed by atoms with Crippen LogP contribution in [0.15, 0.2) is 53.7 Å². The van der Waals surface area contributed by atoms with Crippen molar-refractivity contribution in [1.82, 2.24) is 4.98 Å². The van der Waals surface area contributed by atoms with Crippen LogP contribution >= 0.6 is 11.8 Å². The lowest BCUT2D eigenvalue weighted by Gasteiger charge is -2.14. The third kappa shape index (κ3) is 3.61. The van der Waals surface area contributed by atoms with Gasteiger partial charge in [-0.25, -0.2) is 4.79 Å². The summed E-state index contributed by atoms with van der Waals surface area (Å²) in [5, 5.41) is 8.21. The quantitative estimate of drug-likeness (QED) is 0.673.